The zero-order chi connectivity index (χ0) is 9.14. The Balaban J connectivity index is 3.18. The minimum atomic E-state index is 0.218. The highest BCUT2D eigenvalue weighted by molar-refractivity contribution is 9.24. The molecule has 0 saturated carbocycles. The molecule has 1 aromatic rings. The van der Waals surface area contributed by atoms with Gasteiger partial charge in [0.15, 0.2) is 0 Å². The molecule has 0 aromatic heterocycles. The maximum Gasteiger partial charge on any atom is 0.0949 e. The molecule has 12 heavy (non-hydrogen) atoms. The maximum atomic E-state index is 3.50. The molecule has 0 radical (unpaired) electrons. The minimum absolute atomic E-state index is 0.218. The summed E-state index contributed by atoms with van der Waals surface area (Å²) < 4.78 is 1.36. The summed E-state index contributed by atoms with van der Waals surface area (Å²) in [6.07, 6.45) is 0. The predicted octanol–water partition coefficient (Wildman–Crippen LogP) is 5.13. The van der Waals surface area contributed by atoms with E-state index in [0.717, 1.165) is 9.80 Å². The molecule has 0 heterocycles. The van der Waals surface area contributed by atoms with Crippen molar-refractivity contribution in [2.24, 2.45) is 0 Å². The third-order valence-electron chi connectivity index (χ3n) is 1.52. The zero-order valence-corrected chi connectivity index (χ0v) is 12.4. The summed E-state index contributed by atoms with van der Waals surface area (Å²) in [6.45, 7) is 0. The van der Waals surface area contributed by atoms with Crippen LogP contribution in [0.25, 0.3) is 0 Å². The Morgan fingerprint density at radius 2 is 1.92 bits per heavy atom. The van der Waals surface area contributed by atoms with E-state index in [1.165, 1.54) is 11.1 Å². The summed E-state index contributed by atoms with van der Waals surface area (Å²) in [5.74, 6) is 0. The average molecular weight is 422 g/mol. The number of halogens is 4. The van der Waals surface area contributed by atoms with Gasteiger partial charge in [0.2, 0.25) is 0 Å². The van der Waals surface area contributed by atoms with Crippen molar-refractivity contribution in [1.29, 1.82) is 0 Å². The fraction of sp³-hybridized carbons (Fsp3) is 0.250. The summed E-state index contributed by atoms with van der Waals surface area (Å²) in [5, 5.41) is 0.859. The summed E-state index contributed by atoms with van der Waals surface area (Å²) in [4.78, 5) is 0. The van der Waals surface area contributed by atoms with Crippen LogP contribution in [0, 0.1) is 0 Å². The van der Waals surface area contributed by atoms with Crippen molar-refractivity contribution in [3.8, 4) is 0 Å². The van der Waals surface area contributed by atoms with E-state index in [-0.39, 0.29) is 3.74 Å². The van der Waals surface area contributed by atoms with Crippen LogP contribution in [-0.4, -0.2) is 0 Å². The molecule has 0 nitrogen and oxygen atoms in total. The van der Waals surface area contributed by atoms with Crippen LogP contribution in [-0.2, 0) is 5.33 Å². The van der Waals surface area contributed by atoms with Gasteiger partial charge in [0.25, 0.3) is 0 Å². The van der Waals surface area contributed by atoms with Crippen LogP contribution in [0.15, 0.2) is 22.7 Å². The molecular weight excluding hydrogens is 416 g/mol. The van der Waals surface area contributed by atoms with Crippen LogP contribution in [0.4, 0.5) is 0 Å². The topological polar surface area (TPSA) is 0 Å². The first kappa shape index (κ1) is 11.2. The van der Waals surface area contributed by atoms with Gasteiger partial charge in [-0.3, -0.25) is 0 Å². The van der Waals surface area contributed by atoms with Gasteiger partial charge in [-0.05, 0) is 17.2 Å². The summed E-state index contributed by atoms with van der Waals surface area (Å²) in [6, 6.07) is 6.17. The van der Waals surface area contributed by atoms with Crippen LogP contribution in [0.1, 0.15) is 14.9 Å². The van der Waals surface area contributed by atoms with Crippen molar-refractivity contribution in [1.82, 2.24) is 0 Å². The highest BCUT2D eigenvalue weighted by Gasteiger charge is 2.09. The predicted molar refractivity (Wildman–Crippen MR) is 67.4 cm³/mol. The van der Waals surface area contributed by atoms with Gasteiger partial charge in [-0.15, -0.1) is 0 Å². The van der Waals surface area contributed by atoms with Crippen molar-refractivity contribution >= 4 is 63.7 Å². The van der Waals surface area contributed by atoms with Crippen molar-refractivity contribution < 1.29 is 0 Å². The van der Waals surface area contributed by atoms with Gasteiger partial charge < -0.3 is 0 Å². The largest absolute Gasteiger partial charge is 0.0949 e. The molecule has 0 spiro atoms. The monoisotopic (exact) mass is 418 g/mol. The lowest BCUT2D eigenvalue weighted by Crippen LogP contribution is -1.90. The Hall–Kier alpha value is 1.14. The molecule has 0 fully saturated rings. The van der Waals surface area contributed by atoms with Crippen LogP contribution in [0.3, 0.4) is 0 Å². The number of benzene rings is 1. The van der Waals surface area contributed by atoms with Crippen LogP contribution < -0.4 is 0 Å². The van der Waals surface area contributed by atoms with Gasteiger partial charge >= 0.3 is 0 Å². The van der Waals surface area contributed by atoms with Crippen molar-refractivity contribution in [2.45, 2.75) is 9.07 Å². The van der Waals surface area contributed by atoms with Gasteiger partial charge in [-0.1, -0.05) is 75.9 Å². The smallest absolute Gasteiger partial charge is 0.0876 e. The molecule has 0 atom stereocenters. The molecule has 66 valence electrons. The van der Waals surface area contributed by atoms with E-state index >= 15 is 0 Å². The molecule has 0 N–H and O–H groups in total. The second-order valence-corrected chi connectivity index (χ2v) is 6.72. The molecule has 0 aliphatic rings. The summed E-state index contributed by atoms with van der Waals surface area (Å²) in [5.41, 5.74) is 2.53. The maximum absolute atomic E-state index is 3.50. The molecule has 1 rings (SSSR count). The number of hydrogen-bond donors (Lipinski definition) is 0. The van der Waals surface area contributed by atoms with Gasteiger partial charge in [-0.2, -0.15) is 0 Å². The number of rotatable bonds is 2. The SMILES string of the molecule is BrCc1c(Br)cccc1C(Br)Br. The van der Waals surface area contributed by atoms with Crippen molar-refractivity contribution in [3.63, 3.8) is 0 Å². The van der Waals surface area contributed by atoms with E-state index in [4.69, 9.17) is 0 Å². The molecule has 0 bridgehead atoms. The first-order valence-corrected chi connectivity index (χ1v) is 7.02. The molecule has 0 saturated heterocycles. The van der Waals surface area contributed by atoms with Gasteiger partial charge in [-0.25, -0.2) is 0 Å². The minimum Gasteiger partial charge on any atom is -0.0876 e. The molecule has 0 aliphatic carbocycles. The van der Waals surface area contributed by atoms with Gasteiger partial charge in [0.1, 0.15) is 0 Å². The lowest BCUT2D eigenvalue weighted by molar-refractivity contribution is 1.27. The fourth-order valence-electron chi connectivity index (χ4n) is 0.921. The van der Waals surface area contributed by atoms with E-state index in [1.807, 2.05) is 12.1 Å². The lowest BCUT2D eigenvalue weighted by Gasteiger charge is -2.09. The lowest BCUT2D eigenvalue weighted by atomic mass is 10.1. The van der Waals surface area contributed by atoms with Gasteiger partial charge in [0.05, 0.1) is 3.74 Å². The Morgan fingerprint density at radius 3 is 2.33 bits per heavy atom. The highest BCUT2D eigenvalue weighted by Crippen LogP contribution is 2.35. The Kier molecular flexibility index (Phi) is 4.79. The molecule has 0 unspecified atom stereocenters. The van der Waals surface area contributed by atoms with Crippen LogP contribution in [0.2, 0.25) is 0 Å². The van der Waals surface area contributed by atoms with Gasteiger partial charge in [0, 0.05) is 9.80 Å². The van der Waals surface area contributed by atoms with Crippen LogP contribution in [0.5, 0.6) is 0 Å². The molecule has 0 amide bonds. The Morgan fingerprint density at radius 1 is 1.25 bits per heavy atom. The third-order valence-corrected chi connectivity index (χ3v) is 3.81. The number of hydrogen-bond acceptors (Lipinski definition) is 0. The van der Waals surface area contributed by atoms with E-state index in [1.54, 1.807) is 0 Å². The fourth-order valence-corrected chi connectivity index (χ4v) is 3.30. The molecular formula is C8H6Br4. The first-order valence-electron chi connectivity index (χ1n) is 3.28. The van der Waals surface area contributed by atoms with E-state index in [2.05, 4.69) is 69.8 Å². The highest BCUT2D eigenvalue weighted by atomic mass is 79.9. The standard InChI is InChI=1S/C8H6Br4/c9-4-6-5(8(11)12)2-1-3-7(6)10/h1-3,8H,4H2. The second kappa shape index (κ2) is 5.13. The molecule has 4 heteroatoms. The number of alkyl halides is 3. The third kappa shape index (κ3) is 2.56. The molecule has 1 aromatic carbocycles. The van der Waals surface area contributed by atoms with E-state index in [0.29, 0.717) is 0 Å². The quantitative estimate of drug-likeness (QED) is 0.581. The Bertz CT molecular complexity index is 270. The normalized spacial score (nSPS) is 10.8. The average Bonchev–Trinajstić information content (AvgIpc) is 2.03. The van der Waals surface area contributed by atoms with Crippen molar-refractivity contribution in [2.75, 3.05) is 0 Å². The van der Waals surface area contributed by atoms with Crippen LogP contribution >= 0.6 is 63.7 Å². The summed E-state index contributed by atoms with van der Waals surface area (Å²) in [7, 11) is 0. The summed E-state index contributed by atoms with van der Waals surface area (Å²) >= 11 is 13.9. The second-order valence-electron chi connectivity index (χ2n) is 2.24. The Labute approximate surface area is 106 Å². The van der Waals surface area contributed by atoms with E-state index < -0.39 is 0 Å². The van der Waals surface area contributed by atoms with Crippen molar-refractivity contribution in [3.05, 3.63) is 33.8 Å². The zero-order valence-electron chi connectivity index (χ0n) is 6.03. The first-order chi connectivity index (χ1) is 5.66. The van der Waals surface area contributed by atoms with E-state index in [9.17, 15) is 0 Å². The molecule has 0 aliphatic heterocycles.